The van der Waals surface area contributed by atoms with Gasteiger partial charge in [0.05, 0.1) is 6.54 Å². The van der Waals surface area contributed by atoms with Crippen LogP contribution in [0.2, 0.25) is 5.02 Å². The van der Waals surface area contributed by atoms with Crippen LogP contribution in [-0.2, 0) is 11.3 Å². The standard InChI is InChI=1S/C8H4ClF2NO/c9-5-1-7(10)6(3-12-4-13)8(11)2-5/h1-2H,3H2. The maximum Gasteiger partial charge on any atom is 0.235 e. The first-order valence-electron chi connectivity index (χ1n) is 3.32. The summed E-state index contributed by atoms with van der Waals surface area (Å²) in [6, 6.07) is 1.92. The Bertz CT molecular complexity index is 351. The molecule has 0 heterocycles. The lowest BCUT2D eigenvalue weighted by Gasteiger charge is -2.00. The van der Waals surface area contributed by atoms with Crippen molar-refractivity contribution in [3.8, 4) is 0 Å². The molecular weight excluding hydrogens is 200 g/mol. The zero-order valence-electron chi connectivity index (χ0n) is 6.35. The summed E-state index contributed by atoms with van der Waals surface area (Å²) in [7, 11) is 0. The van der Waals surface area contributed by atoms with Gasteiger partial charge in [0, 0.05) is 10.6 Å². The SMILES string of the molecule is O=C=NCc1c(F)cc(Cl)cc1F. The van der Waals surface area contributed by atoms with Gasteiger partial charge in [0.25, 0.3) is 0 Å². The van der Waals surface area contributed by atoms with Gasteiger partial charge in [-0.25, -0.2) is 18.6 Å². The minimum Gasteiger partial charge on any atom is -0.211 e. The second kappa shape index (κ2) is 4.12. The normalized spacial score (nSPS) is 9.46. The van der Waals surface area contributed by atoms with E-state index in [2.05, 4.69) is 4.99 Å². The van der Waals surface area contributed by atoms with Crippen LogP contribution in [0.25, 0.3) is 0 Å². The molecular formula is C8H4ClF2NO. The smallest absolute Gasteiger partial charge is 0.211 e. The Morgan fingerprint density at radius 2 is 1.92 bits per heavy atom. The number of aliphatic imine (C=N–C) groups is 1. The summed E-state index contributed by atoms with van der Waals surface area (Å²) in [5.74, 6) is -1.63. The molecule has 0 atom stereocenters. The van der Waals surface area contributed by atoms with Crippen LogP contribution in [0.1, 0.15) is 5.56 Å². The molecule has 0 aliphatic carbocycles. The molecule has 68 valence electrons. The summed E-state index contributed by atoms with van der Waals surface area (Å²) in [5.41, 5.74) is -0.284. The largest absolute Gasteiger partial charge is 0.235 e. The molecule has 0 amide bonds. The molecule has 0 fully saturated rings. The van der Waals surface area contributed by atoms with Gasteiger partial charge >= 0.3 is 0 Å². The van der Waals surface area contributed by atoms with E-state index in [1.54, 1.807) is 0 Å². The minimum absolute atomic E-state index is 0.0335. The molecule has 0 saturated carbocycles. The molecule has 0 N–H and O–H groups in total. The number of carbonyl (C=O) groups excluding carboxylic acids is 1. The van der Waals surface area contributed by atoms with Crippen LogP contribution in [0.3, 0.4) is 0 Å². The lowest BCUT2D eigenvalue weighted by atomic mass is 10.2. The molecule has 2 nitrogen and oxygen atoms in total. The fraction of sp³-hybridized carbons (Fsp3) is 0.125. The molecule has 1 rings (SSSR count). The molecule has 1 aromatic carbocycles. The van der Waals surface area contributed by atoms with Crippen molar-refractivity contribution >= 4 is 17.7 Å². The number of benzene rings is 1. The number of rotatable bonds is 2. The van der Waals surface area contributed by atoms with E-state index in [-0.39, 0.29) is 17.1 Å². The van der Waals surface area contributed by atoms with Gasteiger partial charge in [0.1, 0.15) is 11.6 Å². The summed E-state index contributed by atoms with van der Waals surface area (Å²) in [5, 5.41) is -0.0335. The fourth-order valence-electron chi connectivity index (χ4n) is 0.834. The Balaban J connectivity index is 3.12. The first-order chi connectivity index (χ1) is 6.15. The third-order valence-electron chi connectivity index (χ3n) is 1.41. The van der Waals surface area contributed by atoms with E-state index in [4.69, 9.17) is 11.6 Å². The van der Waals surface area contributed by atoms with E-state index >= 15 is 0 Å². The summed E-state index contributed by atoms with van der Waals surface area (Å²) >= 11 is 5.37. The molecule has 0 saturated heterocycles. The minimum atomic E-state index is -0.816. The van der Waals surface area contributed by atoms with Crippen LogP contribution in [0.15, 0.2) is 17.1 Å². The average molecular weight is 204 g/mol. The first-order valence-corrected chi connectivity index (χ1v) is 3.70. The van der Waals surface area contributed by atoms with Crippen LogP contribution < -0.4 is 0 Å². The number of hydrogen-bond donors (Lipinski definition) is 0. The molecule has 0 unspecified atom stereocenters. The molecule has 13 heavy (non-hydrogen) atoms. The van der Waals surface area contributed by atoms with Crippen LogP contribution in [0, 0.1) is 11.6 Å². The second-order valence-electron chi connectivity index (χ2n) is 2.26. The van der Waals surface area contributed by atoms with E-state index in [0.717, 1.165) is 12.1 Å². The van der Waals surface area contributed by atoms with Crippen LogP contribution in [0.4, 0.5) is 8.78 Å². The third kappa shape index (κ3) is 2.34. The second-order valence-corrected chi connectivity index (χ2v) is 2.69. The molecule has 5 heteroatoms. The van der Waals surface area contributed by atoms with E-state index in [0.29, 0.717) is 0 Å². The number of nitrogens with zero attached hydrogens (tertiary/aromatic N) is 1. The van der Waals surface area contributed by atoms with Crippen molar-refractivity contribution in [3.63, 3.8) is 0 Å². The summed E-state index contributed by atoms with van der Waals surface area (Å²) in [4.78, 5) is 12.8. The maximum absolute atomic E-state index is 12.9. The van der Waals surface area contributed by atoms with E-state index in [9.17, 15) is 13.6 Å². The molecule has 1 aromatic rings. The van der Waals surface area contributed by atoms with Crippen molar-refractivity contribution in [1.29, 1.82) is 0 Å². The molecule has 0 radical (unpaired) electrons. The zero-order valence-corrected chi connectivity index (χ0v) is 7.11. The quantitative estimate of drug-likeness (QED) is 0.536. The van der Waals surface area contributed by atoms with Crippen LogP contribution in [0.5, 0.6) is 0 Å². The Labute approximate surface area is 77.9 Å². The highest BCUT2D eigenvalue weighted by Crippen LogP contribution is 2.19. The predicted octanol–water partition coefficient (Wildman–Crippen LogP) is 2.45. The lowest BCUT2D eigenvalue weighted by Crippen LogP contribution is -1.93. The summed E-state index contributed by atoms with van der Waals surface area (Å²) < 4.78 is 25.8. The first kappa shape index (κ1) is 9.84. The van der Waals surface area contributed by atoms with Gasteiger partial charge in [-0.3, -0.25) is 0 Å². The van der Waals surface area contributed by atoms with E-state index < -0.39 is 11.6 Å². The Morgan fingerprint density at radius 1 is 1.38 bits per heavy atom. The topological polar surface area (TPSA) is 29.4 Å². The van der Waals surface area contributed by atoms with Crippen LogP contribution >= 0.6 is 11.6 Å². The summed E-state index contributed by atoms with van der Waals surface area (Å²) in [6.45, 7) is -0.363. The molecule has 0 aliphatic heterocycles. The molecule has 0 spiro atoms. The van der Waals surface area contributed by atoms with Crippen molar-refractivity contribution in [1.82, 2.24) is 0 Å². The third-order valence-corrected chi connectivity index (χ3v) is 1.63. The van der Waals surface area contributed by atoms with Gasteiger partial charge in [-0.2, -0.15) is 0 Å². The van der Waals surface area contributed by atoms with Gasteiger partial charge in [-0.05, 0) is 12.1 Å². The van der Waals surface area contributed by atoms with E-state index in [1.165, 1.54) is 6.08 Å². The number of isocyanates is 1. The van der Waals surface area contributed by atoms with Crippen molar-refractivity contribution in [2.75, 3.05) is 0 Å². The molecule has 0 aliphatic rings. The fourth-order valence-corrected chi connectivity index (χ4v) is 1.03. The average Bonchev–Trinajstić information content (AvgIpc) is 2.02. The maximum atomic E-state index is 12.9. The van der Waals surface area contributed by atoms with Gasteiger partial charge in [0.15, 0.2) is 0 Å². The predicted molar refractivity (Wildman–Crippen MR) is 43.2 cm³/mol. The highest BCUT2D eigenvalue weighted by molar-refractivity contribution is 6.30. The summed E-state index contributed by atoms with van der Waals surface area (Å²) in [6.07, 6.45) is 1.19. The Morgan fingerprint density at radius 3 is 2.38 bits per heavy atom. The van der Waals surface area contributed by atoms with Gasteiger partial charge in [-0.1, -0.05) is 11.6 Å². The van der Waals surface area contributed by atoms with Crippen molar-refractivity contribution < 1.29 is 13.6 Å². The highest BCUT2D eigenvalue weighted by atomic mass is 35.5. The highest BCUT2D eigenvalue weighted by Gasteiger charge is 2.09. The van der Waals surface area contributed by atoms with Gasteiger partial charge < -0.3 is 0 Å². The van der Waals surface area contributed by atoms with Gasteiger partial charge in [0.2, 0.25) is 6.08 Å². The van der Waals surface area contributed by atoms with Crippen molar-refractivity contribution in [3.05, 3.63) is 34.4 Å². The van der Waals surface area contributed by atoms with Crippen molar-refractivity contribution in [2.45, 2.75) is 6.54 Å². The lowest BCUT2D eigenvalue weighted by molar-refractivity contribution is 0.550. The monoisotopic (exact) mass is 203 g/mol. The molecule has 0 aromatic heterocycles. The zero-order chi connectivity index (χ0) is 9.84. The van der Waals surface area contributed by atoms with Gasteiger partial charge in [-0.15, -0.1) is 0 Å². The number of halogens is 3. The number of hydrogen-bond acceptors (Lipinski definition) is 2. The molecule has 0 bridgehead atoms. The Hall–Kier alpha value is -1.25. The van der Waals surface area contributed by atoms with Crippen LogP contribution in [-0.4, -0.2) is 6.08 Å². The van der Waals surface area contributed by atoms with Crippen molar-refractivity contribution in [2.24, 2.45) is 4.99 Å². The Kier molecular flexibility index (Phi) is 3.12. The van der Waals surface area contributed by atoms with E-state index in [1.807, 2.05) is 0 Å².